The lowest BCUT2D eigenvalue weighted by atomic mass is 10.1. The van der Waals surface area contributed by atoms with E-state index in [1.807, 2.05) is 6.92 Å². The van der Waals surface area contributed by atoms with E-state index >= 15 is 0 Å². The van der Waals surface area contributed by atoms with Gasteiger partial charge >= 0.3 is 5.97 Å². The number of rotatable bonds is 7. The Labute approximate surface area is 144 Å². The van der Waals surface area contributed by atoms with Crippen LogP contribution >= 0.6 is 23.2 Å². The lowest BCUT2D eigenvalue weighted by Crippen LogP contribution is -2.50. The molecule has 0 saturated carbocycles. The summed E-state index contributed by atoms with van der Waals surface area (Å²) in [5.41, 5.74) is 0.141. The first-order valence-corrected chi connectivity index (χ1v) is 7.81. The summed E-state index contributed by atoms with van der Waals surface area (Å²) >= 11 is 11.8. The van der Waals surface area contributed by atoms with E-state index in [4.69, 9.17) is 28.3 Å². The molecule has 1 aromatic rings. The van der Waals surface area contributed by atoms with Crippen LogP contribution in [0.3, 0.4) is 0 Å². The molecule has 0 fully saturated rings. The number of nitrogens with one attached hydrogen (secondary N) is 2. The van der Waals surface area contributed by atoms with Gasteiger partial charge in [0, 0.05) is 0 Å². The topological polar surface area (TPSA) is 95.5 Å². The lowest BCUT2D eigenvalue weighted by molar-refractivity contribution is -0.142. The number of halogens is 2. The van der Waals surface area contributed by atoms with Crippen molar-refractivity contribution >= 4 is 41.0 Å². The standard InChI is InChI=1S/C15H18Cl2N2O4/c1-3-5-11(15(22)23)19-13(20)8(2)18-14(21)9-6-4-7-10(16)12(9)17/h4,6-8,11H,3,5H2,1-2H3,(H,18,21)(H,19,20)(H,22,23). The molecule has 0 bridgehead atoms. The molecule has 0 aliphatic rings. The summed E-state index contributed by atoms with van der Waals surface area (Å²) < 4.78 is 0. The van der Waals surface area contributed by atoms with Crippen LogP contribution in [0, 0.1) is 0 Å². The zero-order chi connectivity index (χ0) is 17.6. The van der Waals surface area contributed by atoms with Gasteiger partial charge in [-0.25, -0.2) is 4.79 Å². The monoisotopic (exact) mass is 360 g/mol. The Kier molecular flexibility index (Phi) is 7.32. The molecule has 6 nitrogen and oxygen atoms in total. The van der Waals surface area contributed by atoms with E-state index in [1.54, 1.807) is 12.1 Å². The average molecular weight is 361 g/mol. The van der Waals surface area contributed by atoms with E-state index in [0.29, 0.717) is 12.8 Å². The largest absolute Gasteiger partial charge is 0.480 e. The van der Waals surface area contributed by atoms with Crippen molar-refractivity contribution in [2.75, 3.05) is 0 Å². The second kappa shape index (κ2) is 8.74. The van der Waals surface area contributed by atoms with E-state index in [1.165, 1.54) is 13.0 Å². The third kappa shape index (κ3) is 5.41. The fraction of sp³-hybridized carbons (Fsp3) is 0.400. The first-order chi connectivity index (χ1) is 10.8. The molecule has 0 saturated heterocycles. The summed E-state index contributed by atoms with van der Waals surface area (Å²) in [6, 6.07) is 2.68. The number of carbonyl (C=O) groups is 3. The van der Waals surface area contributed by atoms with Crippen molar-refractivity contribution in [3.8, 4) is 0 Å². The van der Waals surface area contributed by atoms with Crippen LogP contribution in [0.2, 0.25) is 10.0 Å². The summed E-state index contributed by atoms with van der Waals surface area (Å²) in [5, 5.41) is 14.2. The van der Waals surface area contributed by atoms with Crippen molar-refractivity contribution in [1.82, 2.24) is 10.6 Å². The van der Waals surface area contributed by atoms with Crippen LogP contribution in [0.25, 0.3) is 0 Å². The van der Waals surface area contributed by atoms with Gasteiger partial charge in [-0.15, -0.1) is 0 Å². The highest BCUT2D eigenvalue weighted by atomic mass is 35.5. The number of amides is 2. The van der Waals surface area contributed by atoms with Crippen molar-refractivity contribution in [3.63, 3.8) is 0 Å². The molecule has 23 heavy (non-hydrogen) atoms. The van der Waals surface area contributed by atoms with E-state index in [9.17, 15) is 14.4 Å². The van der Waals surface area contributed by atoms with Gasteiger partial charge in [0.15, 0.2) is 0 Å². The minimum Gasteiger partial charge on any atom is -0.480 e. The number of benzene rings is 1. The van der Waals surface area contributed by atoms with Gasteiger partial charge in [0.2, 0.25) is 5.91 Å². The average Bonchev–Trinajstić information content (AvgIpc) is 2.49. The zero-order valence-electron chi connectivity index (χ0n) is 12.7. The van der Waals surface area contributed by atoms with Crippen LogP contribution in [-0.4, -0.2) is 35.0 Å². The molecule has 2 atom stereocenters. The van der Waals surface area contributed by atoms with Crippen molar-refractivity contribution in [2.24, 2.45) is 0 Å². The van der Waals surface area contributed by atoms with Crippen LogP contribution in [-0.2, 0) is 9.59 Å². The molecule has 1 rings (SSSR count). The third-order valence-corrected chi connectivity index (χ3v) is 3.95. The van der Waals surface area contributed by atoms with Crippen LogP contribution in [0.15, 0.2) is 18.2 Å². The quantitative estimate of drug-likeness (QED) is 0.695. The first-order valence-electron chi connectivity index (χ1n) is 7.06. The minimum absolute atomic E-state index is 0.0914. The predicted molar refractivity (Wildman–Crippen MR) is 87.9 cm³/mol. The Bertz CT molecular complexity index is 607. The van der Waals surface area contributed by atoms with E-state index in [0.717, 1.165) is 0 Å². The first kappa shape index (κ1) is 19.3. The second-order valence-electron chi connectivity index (χ2n) is 4.98. The Morgan fingerprint density at radius 2 is 1.87 bits per heavy atom. The van der Waals surface area contributed by atoms with Crippen LogP contribution < -0.4 is 10.6 Å². The molecule has 0 aromatic heterocycles. The summed E-state index contributed by atoms with van der Waals surface area (Å²) in [6.07, 6.45) is 0.915. The summed E-state index contributed by atoms with van der Waals surface area (Å²) in [7, 11) is 0. The Morgan fingerprint density at radius 1 is 1.22 bits per heavy atom. The predicted octanol–water partition coefficient (Wildman–Crippen LogP) is 2.48. The number of aliphatic carboxylic acids is 1. The van der Waals surface area contributed by atoms with Crippen LogP contribution in [0.5, 0.6) is 0 Å². The molecule has 0 aliphatic heterocycles. The fourth-order valence-electron chi connectivity index (χ4n) is 1.86. The molecule has 0 aliphatic carbocycles. The SMILES string of the molecule is CCCC(NC(=O)C(C)NC(=O)c1cccc(Cl)c1Cl)C(=O)O. The molecule has 0 spiro atoms. The molecule has 1 aromatic carbocycles. The van der Waals surface area contributed by atoms with E-state index in [-0.39, 0.29) is 15.6 Å². The second-order valence-corrected chi connectivity index (χ2v) is 5.77. The summed E-state index contributed by atoms with van der Waals surface area (Å²) in [4.78, 5) is 35.2. The zero-order valence-corrected chi connectivity index (χ0v) is 14.2. The Balaban J connectivity index is 2.72. The van der Waals surface area contributed by atoms with Crippen molar-refractivity contribution in [2.45, 2.75) is 38.8 Å². The van der Waals surface area contributed by atoms with Crippen molar-refractivity contribution < 1.29 is 19.5 Å². The Morgan fingerprint density at radius 3 is 2.43 bits per heavy atom. The molecule has 2 amide bonds. The molecule has 0 radical (unpaired) electrons. The normalized spacial score (nSPS) is 13.0. The molecular weight excluding hydrogens is 343 g/mol. The Hall–Kier alpha value is -1.79. The highest BCUT2D eigenvalue weighted by Crippen LogP contribution is 2.25. The molecule has 126 valence electrons. The van der Waals surface area contributed by atoms with Gasteiger partial charge in [-0.2, -0.15) is 0 Å². The van der Waals surface area contributed by atoms with E-state index in [2.05, 4.69) is 10.6 Å². The molecule has 0 heterocycles. The maximum atomic E-state index is 12.1. The van der Waals surface area contributed by atoms with Gasteiger partial charge in [-0.05, 0) is 25.5 Å². The van der Waals surface area contributed by atoms with Crippen molar-refractivity contribution in [3.05, 3.63) is 33.8 Å². The maximum absolute atomic E-state index is 12.1. The molecular formula is C15H18Cl2N2O4. The molecule has 3 N–H and O–H groups in total. The fourth-order valence-corrected chi connectivity index (χ4v) is 2.25. The van der Waals surface area contributed by atoms with Crippen LogP contribution in [0.1, 0.15) is 37.0 Å². The molecule has 2 unspecified atom stereocenters. The van der Waals surface area contributed by atoms with Gasteiger partial charge in [0.05, 0.1) is 15.6 Å². The van der Waals surface area contributed by atoms with Crippen LogP contribution in [0.4, 0.5) is 0 Å². The minimum atomic E-state index is -1.11. The summed E-state index contributed by atoms with van der Waals surface area (Å²) in [6.45, 7) is 3.27. The van der Waals surface area contributed by atoms with Crippen molar-refractivity contribution in [1.29, 1.82) is 0 Å². The summed E-state index contributed by atoms with van der Waals surface area (Å²) in [5.74, 6) is -2.27. The highest BCUT2D eigenvalue weighted by molar-refractivity contribution is 6.43. The number of hydrogen-bond acceptors (Lipinski definition) is 3. The molecule has 8 heteroatoms. The number of carbonyl (C=O) groups excluding carboxylic acids is 2. The lowest BCUT2D eigenvalue weighted by Gasteiger charge is -2.18. The highest BCUT2D eigenvalue weighted by Gasteiger charge is 2.24. The van der Waals surface area contributed by atoms with Gasteiger partial charge in [-0.3, -0.25) is 9.59 Å². The maximum Gasteiger partial charge on any atom is 0.326 e. The van der Waals surface area contributed by atoms with Gasteiger partial charge in [0.1, 0.15) is 12.1 Å². The van der Waals surface area contributed by atoms with Gasteiger partial charge in [0.25, 0.3) is 5.91 Å². The number of carboxylic acids is 1. The number of carboxylic acid groups (broad SMARTS) is 1. The third-order valence-electron chi connectivity index (χ3n) is 3.13. The smallest absolute Gasteiger partial charge is 0.326 e. The van der Waals surface area contributed by atoms with Gasteiger partial charge in [-0.1, -0.05) is 42.6 Å². The van der Waals surface area contributed by atoms with E-state index < -0.39 is 29.9 Å². The van der Waals surface area contributed by atoms with Gasteiger partial charge < -0.3 is 15.7 Å². The number of hydrogen-bond donors (Lipinski definition) is 3.